The van der Waals surface area contributed by atoms with Gasteiger partial charge in [0.25, 0.3) is 0 Å². The average molecular weight is 403 g/mol. The van der Waals surface area contributed by atoms with E-state index >= 15 is 0 Å². The quantitative estimate of drug-likeness (QED) is 0.550. The van der Waals surface area contributed by atoms with Gasteiger partial charge in [-0.25, -0.2) is 0 Å². The normalized spacial score (nSPS) is 18.0. The minimum Gasteiger partial charge on any atom is -0.494 e. The van der Waals surface area contributed by atoms with Crippen LogP contribution in [0.1, 0.15) is 18.2 Å². The van der Waals surface area contributed by atoms with E-state index in [4.69, 9.17) is 4.74 Å². The summed E-state index contributed by atoms with van der Waals surface area (Å²) >= 11 is 2.75. The SMILES string of the molecule is CCOc1ccc(NC(=O)C[C@H]2S/C(=N/N=C\c3cccs3)NC2=O)cc1. The molecule has 1 aromatic heterocycles. The number of anilines is 1. The number of hydrogen-bond acceptors (Lipinski definition) is 7. The summed E-state index contributed by atoms with van der Waals surface area (Å²) in [4.78, 5) is 25.2. The van der Waals surface area contributed by atoms with Gasteiger partial charge < -0.3 is 15.4 Å². The summed E-state index contributed by atoms with van der Waals surface area (Å²) in [5.41, 5.74) is 0.654. The number of thioether (sulfide) groups is 1. The first-order valence-electron chi connectivity index (χ1n) is 8.29. The molecule has 9 heteroatoms. The molecule has 2 aromatic rings. The van der Waals surface area contributed by atoms with Gasteiger partial charge in [0.15, 0.2) is 5.17 Å². The predicted octanol–water partition coefficient (Wildman–Crippen LogP) is 3.10. The number of thiophene rings is 1. The van der Waals surface area contributed by atoms with Gasteiger partial charge in [-0.15, -0.1) is 16.4 Å². The maximum atomic E-state index is 12.2. The number of nitrogens with zero attached hydrogens (tertiary/aromatic N) is 2. The summed E-state index contributed by atoms with van der Waals surface area (Å²) in [5.74, 6) is 0.257. The highest BCUT2D eigenvalue weighted by molar-refractivity contribution is 8.15. The molecule has 1 aromatic carbocycles. The number of ether oxygens (including phenoxy) is 1. The number of hydrogen-bond donors (Lipinski definition) is 2. The van der Waals surface area contributed by atoms with Crippen LogP contribution in [0.2, 0.25) is 0 Å². The van der Waals surface area contributed by atoms with E-state index in [1.54, 1.807) is 41.8 Å². The lowest BCUT2D eigenvalue weighted by Crippen LogP contribution is -2.28. The number of benzene rings is 1. The van der Waals surface area contributed by atoms with E-state index < -0.39 is 5.25 Å². The van der Waals surface area contributed by atoms with Gasteiger partial charge >= 0.3 is 0 Å². The molecule has 0 aliphatic carbocycles. The molecule has 1 saturated heterocycles. The molecule has 1 fully saturated rings. The number of amidine groups is 1. The van der Waals surface area contributed by atoms with Crippen LogP contribution in [0.5, 0.6) is 5.75 Å². The fourth-order valence-electron chi connectivity index (χ4n) is 2.27. The average Bonchev–Trinajstić information content (AvgIpc) is 3.27. The molecule has 0 saturated carbocycles. The highest BCUT2D eigenvalue weighted by atomic mass is 32.2. The van der Waals surface area contributed by atoms with Gasteiger partial charge in [-0.3, -0.25) is 9.59 Å². The number of carbonyl (C=O) groups is 2. The van der Waals surface area contributed by atoms with Crippen LogP contribution < -0.4 is 15.4 Å². The smallest absolute Gasteiger partial charge is 0.240 e. The van der Waals surface area contributed by atoms with Gasteiger partial charge in [0, 0.05) is 17.0 Å². The van der Waals surface area contributed by atoms with Crippen molar-refractivity contribution in [2.75, 3.05) is 11.9 Å². The Morgan fingerprint density at radius 2 is 2.15 bits per heavy atom. The topological polar surface area (TPSA) is 92.2 Å². The van der Waals surface area contributed by atoms with E-state index in [9.17, 15) is 9.59 Å². The Morgan fingerprint density at radius 1 is 1.33 bits per heavy atom. The van der Waals surface area contributed by atoms with E-state index in [2.05, 4.69) is 20.8 Å². The van der Waals surface area contributed by atoms with Crippen molar-refractivity contribution in [1.29, 1.82) is 0 Å². The van der Waals surface area contributed by atoms with Crippen LogP contribution in [0.25, 0.3) is 0 Å². The molecular formula is C18H18N4O3S2. The van der Waals surface area contributed by atoms with Crippen molar-refractivity contribution in [2.24, 2.45) is 10.2 Å². The monoisotopic (exact) mass is 402 g/mol. The minimum atomic E-state index is -0.525. The van der Waals surface area contributed by atoms with Gasteiger partial charge in [-0.05, 0) is 42.6 Å². The van der Waals surface area contributed by atoms with Crippen molar-refractivity contribution >= 4 is 52.0 Å². The van der Waals surface area contributed by atoms with Gasteiger partial charge in [-0.2, -0.15) is 5.10 Å². The molecular weight excluding hydrogens is 384 g/mol. The van der Waals surface area contributed by atoms with Crippen molar-refractivity contribution in [3.8, 4) is 5.75 Å². The Labute approximate surface area is 164 Å². The Morgan fingerprint density at radius 3 is 2.85 bits per heavy atom. The number of carbonyl (C=O) groups excluding carboxylic acids is 2. The Balaban J connectivity index is 1.51. The number of amides is 2. The van der Waals surface area contributed by atoms with E-state index in [0.29, 0.717) is 17.5 Å². The van der Waals surface area contributed by atoms with Crippen LogP contribution in [0.4, 0.5) is 5.69 Å². The zero-order valence-electron chi connectivity index (χ0n) is 14.5. The van der Waals surface area contributed by atoms with Crippen molar-refractivity contribution in [1.82, 2.24) is 5.32 Å². The van der Waals surface area contributed by atoms with Crippen LogP contribution in [0, 0.1) is 0 Å². The zero-order chi connectivity index (χ0) is 19.1. The summed E-state index contributed by atoms with van der Waals surface area (Å²) in [6, 6.07) is 10.9. The molecule has 7 nitrogen and oxygen atoms in total. The van der Waals surface area contributed by atoms with Crippen LogP contribution in [-0.4, -0.2) is 35.1 Å². The molecule has 0 radical (unpaired) electrons. The van der Waals surface area contributed by atoms with E-state index in [1.165, 1.54) is 11.8 Å². The second-order valence-electron chi connectivity index (χ2n) is 5.47. The van der Waals surface area contributed by atoms with Crippen LogP contribution in [0.3, 0.4) is 0 Å². The molecule has 140 valence electrons. The number of nitrogens with one attached hydrogen (secondary N) is 2. The van der Waals surface area contributed by atoms with Crippen LogP contribution in [-0.2, 0) is 9.59 Å². The minimum absolute atomic E-state index is 0.0529. The molecule has 1 aliphatic heterocycles. The van der Waals surface area contributed by atoms with Crippen molar-refractivity contribution in [3.05, 3.63) is 46.7 Å². The zero-order valence-corrected chi connectivity index (χ0v) is 16.2. The Kier molecular flexibility index (Phi) is 6.61. The van der Waals surface area contributed by atoms with Gasteiger partial charge in [0.2, 0.25) is 11.8 Å². The van der Waals surface area contributed by atoms with E-state index in [1.807, 2.05) is 24.4 Å². The van der Waals surface area contributed by atoms with E-state index in [-0.39, 0.29) is 18.2 Å². The lowest BCUT2D eigenvalue weighted by molar-refractivity contribution is -0.122. The van der Waals surface area contributed by atoms with Gasteiger partial charge in [-0.1, -0.05) is 17.8 Å². The Bertz CT molecular complexity index is 848. The van der Waals surface area contributed by atoms with Crippen LogP contribution >= 0.6 is 23.1 Å². The van der Waals surface area contributed by atoms with Crippen LogP contribution in [0.15, 0.2) is 52.0 Å². The number of rotatable bonds is 7. The summed E-state index contributed by atoms with van der Waals surface area (Å²) in [7, 11) is 0. The Hall–Kier alpha value is -2.65. The standard InChI is InChI=1S/C18H18N4O3S2/c1-2-25-13-7-5-12(6-8-13)20-16(23)10-15-17(24)21-18(27-15)22-19-11-14-4-3-9-26-14/h3-9,11,15H,2,10H2,1H3,(H,20,23)(H,21,22,24)/b19-11-/t15-/m1/s1. The van der Waals surface area contributed by atoms with Crippen molar-refractivity contribution in [2.45, 2.75) is 18.6 Å². The predicted molar refractivity (Wildman–Crippen MR) is 110 cm³/mol. The first-order valence-corrected chi connectivity index (χ1v) is 10.0. The van der Waals surface area contributed by atoms with Crippen molar-refractivity contribution in [3.63, 3.8) is 0 Å². The molecule has 1 aliphatic rings. The van der Waals surface area contributed by atoms with Crippen molar-refractivity contribution < 1.29 is 14.3 Å². The molecule has 1 atom stereocenters. The fraction of sp³-hybridized carbons (Fsp3) is 0.222. The second kappa shape index (κ2) is 9.33. The molecule has 0 unspecified atom stereocenters. The maximum Gasteiger partial charge on any atom is 0.240 e. The third kappa shape index (κ3) is 5.66. The first kappa shape index (κ1) is 19.1. The third-order valence-electron chi connectivity index (χ3n) is 3.47. The summed E-state index contributed by atoms with van der Waals surface area (Å²) < 4.78 is 5.36. The fourth-order valence-corrected chi connectivity index (χ4v) is 3.77. The lowest BCUT2D eigenvalue weighted by Gasteiger charge is -2.08. The third-order valence-corrected chi connectivity index (χ3v) is 5.35. The highest BCUT2D eigenvalue weighted by Gasteiger charge is 2.32. The first-order chi connectivity index (χ1) is 13.1. The molecule has 27 heavy (non-hydrogen) atoms. The summed E-state index contributed by atoms with van der Waals surface area (Å²) in [6.45, 7) is 2.49. The second-order valence-corrected chi connectivity index (χ2v) is 7.64. The molecule has 2 amide bonds. The highest BCUT2D eigenvalue weighted by Crippen LogP contribution is 2.23. The summed E-state index contributed by atoms with van der Waals surface area (Å²) in [6.07, 6.45) is 1.67. The lowest BCUT2D eigenvalue weighted by atomic mass is 10.2. The molecule has 0 bridgehead atoms. The molecule has 2 heterocycles. The van der Waals surface area contributed by atoms with Gasteiger partial charge in [0.1, 0.15) is 11.0 Å². The van der Waals surface area contributed by atoms with Gasteiger partial charge in [0.05, 0.1) is 12.8 Å². The molecule has 2 N–H and O–H groups in total. The molecule has 3 rings (SSSR count). The summed E-state index contributed by atoms with van der Waals surface area (Å²) in [5, 5.41) is 15.2. The largest absolute Gasteiger partial charge is 0.494 e. The van der Waals surface area contributed by atoms with E-state index in [0.717, 1.165) is 10.6 Å². The maximum absolute atomic E-state index is 12.2. The molecule has 0 spiro atoms.